The van der Waals surface area contributed by atoms with Gasteiger partial charge in [0, 0.05) is 6.61 Å². The topological polar surface area (TPSA) is 272 Å². The van der Waals surface area contributed by atoms with Crippen molar-refractivity contribution in [3.63, 3.8) is 0 Å². The molecule has 0 aromatic rings. The highest BCUT2D eigenvalue weighted by Crippen LogP contribution is 2.19. The summed E-state index contributed by atoms with van der Waals surface area (Å²) in [5.41, 5.74) is -0.500. The van der Waals surface area contributed by atoms with Crippen molar-refractivity contribution in [2.24, 2.45) is 0 Å². The van der Waals surface area contributed by atoms with Gasteiger partial charge >= 0.3 is 0 Å². The lowest BCUT2D eigenvalue weighted by Crippen LogP contribution is -2.58. The Labute approximate surface area is 220 Å². The highest BCUT2D eigenvalue weighted by atomic mass is 16.6. The molecule has 0 aromatic heterocycles. The summed E-state index contributed by atoms with van der Waals surface area (Å²) in [5, 5.41) is 109. The Balaban J connectivity index is -0.000000118. The molecule has 0 spiro atoms. The lowest BCUT2D eigenvalue weighted by Gasteiger charge is -2.37. The van der Waals surface area contributed by atoms with E-state index in [2.05, 4.69) is 11.7 Å². The number of hydrogen-bond acceptors (Lipinski definition) is 14. The van der Waals surface area contributed by atoms with Crippen molar-refractivity contribution in [1.82, 2.24) is 0 Å². The van der Waals surface area contributed by atoms with E-state index in [4.69, 9.17) is 66.4 Å². The molecule has 0 aliphatic carbocycles. The Morgan fingerprint density at radius 3 is 1.27 bits per heavy atom. The first kappa shape index (κ1) is 46.3. The van der Waals surface area contributed by atoms with Gasteiger partial charge in [0.1, 0.15) is 30.5 Å². The summed E-state index contributed by atoms with van der Waals surface area (Å²) >= 11 is 0. The van der Waals surface area contributed by atoms with E-state index in [0.717, 1.165) is 19.3 Å². The van der Waals surface area contributed by atoms with E-state index in [1.807, 2.05) is 6.92 Å². The highest BCUT2D eigenvalue weighted by Gasteiger charge is 2.42. The van der Waals surface area contributed by atoms with Gasteiger partial charge in [-0.25, -0.2) is 0 Å². The molecule has 0 amide bonds. The fraction of sp³-hybridized carbons (Fsp3) is 1.00. The Hall–Kier alpha value is -0.560. The SMILES string of the molecule is CC(C)(C)O.CCC(C)O.CCCCO.OCC(O)CO.OCC1O[C@H](O)C(O)[C@H](O)[C@@H]1O.OCCO. The number of aliphatic hydroxyl groups excluding tert-OH is 12. The molecule has 1 aliphatic rings. The van der Waals surface area contributed by atoms with Crippen LogP contribution >= 0.6 is 0 Å². The van der Waals surface area contributed by atoms with E-state index < -0.39 is 49.0 Å². The van der Waals surface area contributed by atoms with Crippen molar-refractivity contribution in [2.75, 3.05) is 39.6 Å². The van der Waals surface area contributed by atoms with Crippen molar-refractivity contribution < 1.29 is 71.1 Å². The van der Waals surface area contributed by atoms with E-state index in [1.165, 1.54) is 0 Å². The fourth-order valence-electron chi connectivity index (χ4n) is 1.30. The minimum atomic E-state index is -1.57. The maximum Gasteiger partial charge on any atom is 0.184 e. The summed E-state index contributed by atoms with van der Waals surface area (Å²) in [5.74, 6) is 0. The molecular formula is C23H56O14. The van der Waals surface area contributed by atoms with Crippen molar-refractivity contribution in [2.45, 2.75) is 109 Å². The van der Waals surface area contributed by atoms with Gasteiger partial charge in [0.15, 0.2) is 6.29 Å². The number of rotatable bonds is 7. The van der Waals surface area contributed by atoms with Gasteiger partial charge in [-0.05, 0) is 40.5 Å². The van der Waals surface area contributed by atoms with Crippen LogP contribution in [-0.2, 0) is 4.74 Å². The molecule has 1 aliphatic heterocycles. The molecule has 1 heterocycles. The molecule has 6 atom stereocenters. The predicted octanol–water partition coefficient (Wildman–Crippen LogP) is -3.59. The van der Waals surface area contributed by atoms with Gasteiger partial charge in [0.25, 0.3) is 0 Å². The second-order valence-corrected chi connectivity index (χ2v) is 8.69. The molecule has 13 N–H and O–H groups in total. The third-order valence-electron chi connectivity index (χ3n) is 3.49. The zero-order chi connectivity index (χ0) is 30.6. The van der Waals surface area contributed by atoms with Crippen LogP contribution in [0.2, 0.25) is 0 Å². The van der Waals surface area contributed by atoms with E-state index in [0.29, 0.717) is 6.61 Å². The van der Waals surface area contributed by atoms with Crippen molar-refractivity contribution in [3.05, 3.63) is 0 Å². The molecule has 3 unspecified atom stereocenters. The molecule has 232 valence electrons. The van der Waals surface area contributed by atoms with Crippen LogP contribution in [-0.4, -0.2) is 155 Å². The maximum absolute atomic E-state index is 9.12. The largest absolute Gasteiger partial charge is 0.396 e. The molecule has 1 saturated heterocycles. The maximum atomic E-state index is 9.12. The van der Waals surface area contributed by atoms with Crippen LogP contribution in [0.15, 0.2) is 0 Å². The number of hydrogen-bond donors (Lipinski definition) is 13. The van der Waals surface area contributed by atoms with Gasteiger partial charge in [-0.3, -0.25) is 0 Å². The molecular weight excluding hydrogens is 500 g/mol. The second kappa shape index (κ2) is 31.7. The predicted molar refractivity (Wildman–Crippen MR) is 136 cm³/mol. The summed E-state index contributed by atoms with van der Waals surface area (Å²) in [6, 6.07) is 0. The Morgan fingerprint density at radius 2 is 1.11 bits per heavy atom. The lowest BCUT2D eigenvalue weighted by molar-refractivity contribution is -0.286. The van der Waals surface area contributed by atoms with Crippen LogP contribution in [0.4, 0.5) is 0 Å². The zero-order valence-electron chi connectivity index (χ0n) is 23.1. The lowest BCUT2D eigenvalue weighted by atomic mass is 10.00. The minimum absolute atomic E-state index is 0.116. The van der Waals surface area contributed by atoms with Gasteiger partial charge in [-0.1, -0.05) is 20.3 Å². The van der Waals surface area contributed by atoms with Gasteiger partial charge in [0.2, 0.25) is 0 Å². The average Bonchev–Trinajstić information content (AvgIpc) is 2.85. The molecule has 14 heteroatoms. The first-order valence-corrected chi connectivity index (χ1v) is 12.1. The average molecular weight is 557 g/mol. The Morgan fingerprint density at radius 1 is 0.730 bits per heavy atom. The van der Waals surface area contributed by atoms with Crippen LogP contribution in [0.3, 0.4) is 0 Å². The molecule has 0 aromatic carbocycles. The quantitative estimate of drug-likeness (QED) is 0.144. The third-order valence-corrected chi connectivity index (χ3v) is 3.49. The summed E-state index contributed by atoms with van der Waals surface area (Å²) < 4.78 is 4.58. The van der Waals surface area contributed by atoms with Crippen LogP contribution < -0.4 is 0 Å². The van der Waals surface area contributed by atoms with Crippen molar-refractivity contribution in [3.8, 4) is 0 Å². The molecule has 1 fully saturated rings. The first-order chi connectivity index (χ1) is 17.0. The normalized spacial score (nSPS) is 23.2. The molecule has 0 radical (unpaired) electrons. The second-order valence-electron chi connectivity index (χ2n) is 8.69. The van der Waals surface area contributed by atoms with E-state index in [-0.39, 0.29) is 32.5 Å². The molecule has 0 saturated carbocycles. The first-order valence-electron chi connectivity index (χ1n) is 12.1. The van der Waals surface area contributed by atoms with Crippen LogP contribution in [0.25, 0.3) is 0 Å². The summed E-state index contributed by atoms with van der Waals surface area (Å²) in [6.45, 7) is 9.85. The van der Waals surface area contributed by atoms with Crippen LogP contribution in [0, 0.1) is 0 Å². The highest BCUT2D eigenvalue weighted by molar-refractivity contribution is 4.87. The molecule has 0 bridgehead atoms. The zero-order valence-corrected chi connectivity index (χ0v) is 23.1. The van der Waals surface area contributed by atoms with E-state index >= 15 is 0 Å². The van der Waals surface area contributed by atoms with Crippen molar-refractivity contribution >= 4 is 0 Å². The molecule has 37 heavy (non-hydrogen) atoms. The minimum Gasteiger partial charge on any atom is -0.396 e. The Bertz CT molecular complexity index is 391. The van der Waals surface area contributed by atoms with E-state index in [9.17, 15) is 0 Å². The Kier molecular flexibility index (Phi) is 39.6. The van der Waals surface area contributed by atoms with Gasteiger partial charge in [0.05, 0.1) is 44.7 Å². The summed E-state index contributed by atoms with van der Waals surface area (Å²) in [6.07, 6.45) is -5.21. The van der Waals surface area contributed by atoms with E-state index in [1.54, 1.807) is 27.7 Å². The monoisotopic (exact) mass is 556 g/mol. The van der Waals surface area contributed by atoms with Crippen LogP contribution in [0.1, 0.15) is 60.8 Å². The number of ether oxygens (including phenoxy) is 1. The number of aliphatic hydroxyl groups is 13. The van der Waals surface area contributed by atoms with Gasteiger partial charge < -0.3 is 71.1 Å². The summed E-state index contributed by atoms with van der Waals surface area (Å²) in [4.78, 5) is 0. The fourth-order valence-corrected chi connectivity index (χ4v) is 1.30. The van der Waals surface area contributed by atoms with Gasteiger partial charge in [-0.2, -0.15) is 0 Å². The van der Waals surface area contributed by atoms with Gasteiger partial charge in [-0.15, -0.1) is 0 Å². The van der Waals surface area contributed by atoms with Crippen LogP contribution in [0.5, 0.6) is 0 Å². The van der Waals surface area contributed by atoms with Crippen molar-refractivity contribution in [1.29, 1.82) is 0 Å². The molecule has 1 rings (SSSR count). The molecule has 14 nitrogen and oxygen atoms in total. The third kappa shape index (κ3) is 42.8. The smallest absolute Gasteiger partial charge is 0.184 e. The number of unbranched alkanes of at least 4 members (excludes halogenated alkanes) is 1. The summed E-state index contributed by atoms with van der Waals surface area (Å²) in [7, 11) is 0. The standard InChI is InChI=1S/C6H12O6.3C4H10O.C3H8O3.C2H6O2/c7-1-2-3(8)4(9)5(10)6(11)12-2;1-4(2,3)5;1-3-4(2)5;1-2-3-4-5;4-1-3(6)2-5;3-1-2-4/h2-11H,1H2;5H,1-3H3;4-5H,3H2,1-2H3;5H,2-4H2,1H3;3-6H,1-2H2;3-4H,1-2H2/t2?,3-,4-,5?,6+;;;;;/m1...../s1.